The third-order valence-electron chi connectivity index (χ3n) is 5.35. The van der Waals surface area contributed by atoms with Crippen LogP contribution in [0, 0.1) is 0 Å². The van der Waals surface area contributed by atoms with Crippen LogP contribution in [-0.2, 0) is 13.1 Å². The summed E-state index contributed by atoms with van der Waals surface area (Å²) in [4.78, 5) is 11.0. The topological polar surface area (TPSA) is 42.9 Å². The molecule has 0 bridgehead atoms. The molecule has 0 radical (unpaired) electrons. The van der Waals surface area contributed by atoms with Gasteiger partial charge in [-0.15, -0.1) is 11.3 Å². The lowest BCUT2D eigenvalue weighted by Gasteiger charge is -2.24. The standard InChI is InChI=1S/C23H35N5S/c1-4-24-23(26-17-21(27(2)3)22-8-7-15-29-22)25-16-19-9-11-20(12-10-19)18-28-13-5-6-14-28/h7-12,15,21H,4-6,13-14,16-18H2,1-3H3,(H2,24,25,26). The van der Waals surface area contributed by atoms with Crippen molar-refractivity contribution in [3.8, 4) is 0 Å². The Kier molecular flexibility index (Phi) is 8.52. The maximum atomic E-state index is 4.80. The van der Waals surface area contributed by atoms with Crippen molar-refractivity contribution in [1.29, 1.82) is 0 Å². The van der Waals surface area contributed by atoms with Crippen LogP contribution in [0.15, 0.2) is 46.8 Å². The Morgan fingerprint density at radius 2 is 1.83 bits per heavy atom. The van der Waals surface area contributed by atoms with Gasteiger partial charge in [0.05, 0.1) is 12.6 Å². The predicted molar refractivity (Wildman–Crippen MR) is 125 cm³/mol. The minimum absolute atomic E-state index is 0.337. The zero-order valence-corrected chi connectivity index (χ0v) is 18.8. The Labute approximate surface area is 179 Å². The van der Waals surface area contributed by atoms with Crippen molar-refractivity contribution < 1.29 is 0 Å². The molecule has 1 unspecified atom stereocenters. The average Bonchev–Trinajstić information content (AvgIpc) is 3.41. The number of nitrogens with one attached hydrogen (secondary N) is 2. The highest BCUT2D eigenvalue weighted by molar-refractivity contribution is 7.10. The van der Waals surface area contributed by atoms with Crippen molar-refractivity contribution in [1.82, 2.24) is 20.4 Å². The van der Waals surface area contributed by atoms with Crippen LogP contribution in [-0.4, -0.2) is 56.0 Å². The van der Waals surface area contributed by atoms with E-state index in [1.165, 1.54) is 41.9 Å². The second kappa shape index (κ2) is 11.3. The molecule has 1 fully saturated rings. The molecular formula is C23H35N5S. The van der Waals surface area contributed by atoms with Crippen LogP contribution in [0.5, 0.6) is 0 Å². The van der Waals surface area contributed by atoms with E-state index in [1.807, 2.05) is 0 Å². The lowest BCUT2D eigenvalue weighted by atomic mass is 10.1. The van der Waals surface area contributed by atoms with E-state index in [-0.39, 0.29) is 0 Å². The van der Waals surface area contributed by atoms with Gasteiger partial charge in [-0.1, -0.05) is 30.3 Å². The van der Waals surface area contributed by atoms with Crippen LogP contribution < -0.4 is 10.6 Å². The molecule has 1 aromatic carbocycles. The smallest absolute Gasteiger partial charge is 0.191 e. The highest BCUT2D eigenvalue weighted by Crippen LogP contribution is 2.22. The Bertz CT molecular complexity index is 733. The number of likely N-dealkylation sites (tertiary alicyclic amines) is 1. The summed E-state index contributed by atoms with van der Waals surface area (Å²) in [6.07, 6.45) is 2.68. The van der Waals surface area contributed by atoms with Gasteiger partial charge in [0.15, 0.2) is 5.96 Å². The zero-order chi connectivity index (χ0) is 20.5. The summed E-state index contributed by atoms with van der Waals surface area (Å²) in [5, 5.41) is 9.02. The summed E-state index contributed by atoms with van der Waals surface area (Å²) in [6.45, 7) is 8.02. The fourth-order valence-electron chi connectivity index (χ4n) is 3.67. The molecule has 6 heteroatoms. The van der Waals surface area contributed by atoms with Crippen LogP contribution in [0.1, 0.15) is 41.8 Å². The zero-order valence-electron chi connectivity index (χ0n) is 18.0. The maximum Gasteiger partial charge on any atom is 0.191 e. The van der Waals surface area contributed by atoms with E-state index in [0.29, 0.717) is 12.6 Å². The second-order valence-electron chi connectivity index (χ2n) is 7.87. The van der Waals surface area contributed by atoms with E-state index >= 15 is 0 Å². The quantitative estimate of drug-likeness (QED) is 0.486. The van der Waals surface area contributed by atoms with E-state index in [2.05, 4.69) is 83.2 Å². The van der Waals surface area contributed by atoms with Crippen molar-refractivity contribution in [3.05, 3.63) is 57.8 Å². The molecular weight excluding hydrogens is 378 g/mol. The molecule has 0 spiro atoms. The number of aliphatic imine (C=N–C) groups is 1. The van der Waals surface area contributed by atoms with Gasteiger partial charge in [0, 0.05) is 24.5 Å². The number of hydrogen-bond acceptors (Lipinski definition) is 4. The van der Waals surface area contributed by atoms with E-state index in [4.69, 9.17) is 4.99 Å². The molecule has 1 aromatic heterocycles. The molecule has 1 saturated heterocycles. The minimum Gasteiger partial charge on any atom is -0.357 e. The van der Waals surface area contributed by atoms with Crippen LogP contribution in [0.3, 0.4) is 0 Å². The summed E-state index contributed by atoms with van der Waals surface area (Å²) in [7, 11) is 4.25. The first-order valence-corrected chi connectivity index (χ1v) is 11.6. The fourth-order valence-corrected chi connectivity index (χ4v) is 4.60. The van der Waals surface area contributed by atoms with Crippen molar-refractivity contribution in [2.75, 3.05) is 40.3 Å². The number of benzene rings is 1. The van der Waals surface area contributed by atoms with Crippen LogP contribution in [0.2, 0.25) is 0 Å². The molecule has 2 aromatic rings. The SMILES string of the molecule is CCNC(=NCc1ccc(CN2CCCC2)cc1)NCC(c1cccs1)N(C)C. The normalized spacial score (nSPS) is 16.3. The average molecular weight is 414 g/mol. The van der Waals surface area contributed by atoms with E-state index in [0.717, 1.165) is 25.6 Å². The van der Waals surface area contributed by atoms with Crippen molar-refractivity contribution >= 4 is 17.3 Å². The highest BCUT2D eigenvalue weighted by Gasteiger charge is 2.15. The summed E-state index contributed by atoms with van der Waals surface area (Å²) in [5.74, 6) is 0.872. The first-order chi connectivity index (χ1) is 14.2. The molecule has 2 heterocycles. The first-order valence-electron chi connectivity index (χ1n) is 10.7. The van der Waals surface area contributed by atoms with Crippen LogP contribution in [0.4, 0.5) is 0 Å². The molecule has 2 N–H and O–H groups in total. The van der Waals surface area contributed by atoms with Gasteiger partial charge >= 0.3 is 0 Å². The Morgan fingerprint density at radius 3 is 2.45 bits per heavy atom. The number of thiophene rings is 1. The summed E-state index contributed by atoms with van der Waals surface area (Å²) in [5.41, 5.74) is 2.64. The number of nitrogens with zero attached hydrogens (tertiary/aromatic N) is 3. The lowest BCUT2D eigenvalue weighted by molar-refractivity contribution is 0.302. The maximum absolute atomic E-state index is 4.80. The van der Waals surface area contributed by atoms with E-state index in [1.54, 1.807) is 11.3 Å². The molecule has 158 valence electrons. The van der Waals surface area contributed by atoms with Gasteiger partial charge in [0.2, 0.25) is 0 Å². The summed E-state index contributed by atoms with van der Waals surface area (Å²) < 4.78 is 0. The molecule has 0 aliphatic carbocycles. The van der Waals surface area contributed by atoms with E-state index in [9.17, 15) is 0 Å². The third kappa shape index (κ3) is 6.84. The summed E-state index contributed by atoms with van der Waals surface area (Å²) in [6, 6.07) is 13.6. The van der Waals surface area contributed by atoms with Gasteiger partial charge in [-0.2, -0.15) is 0 Å². The molecule has 29 heavy (non-hydrogen) atoms. The van der Waals surface area contributed by atoms with Crippen LogP contribution in [0.25, 0.3) is 0 Å². The van der Waals surface area contributed by atoms with Crippen molar-refractivity contribution in [2.45, 2.75) is 38.9 Å². The fraction of sp³-hybridized carbons (Fsp3) is 0.522. The van der Waals surface area contributed by atoms with Gasteiger partial charge in [0.1, 0.15) is 0 Å². The van der Waals surface area contributed by atoms with Crippen LogP contribution >= 0.6 is 11.3 Å². The minimum atomic E-state index is 0.337. The Hall–Kier alpha value is -1.89. The molecule has 0 saturated carbocycles. The highest BCUT2D eigenvalue weighted by atomic mass is 32.1. The Balaban J connectivity index is 1.55. The predicted octanol–water partition coefficient (Wildman–Crippen LogP) is 3.70. The molecule has 0 amide bonds. The Morgan fingerprint density at radius 1 is 1.10 bits per heavy atom. The van der Waals surface area contributed by atoms with Crippen molar-refractivity contribution in [3.63, 3.8) is 0 Å². The number of hydrogen-bond donors (Lipinski definition) is 2. The van der Waals surface area contributed by atoms with Crippen molar-refractivity contribution in [2.24, 2.45) is 4.99 Å². The number of rotatable bonds is 9. The molecule has 1 aliphatic rings. The lowest BCUT2D eigenvalue weighted by Crippen LogP contribution is -2.41. The van der Waals surface area contributed by atoms with Gasteiger partial charge in [-0.25, -0.2) is 4.99 Å². The third-order valence-corrected chi connectivity index (χ3v) is 6.32. The number of guanidine groups is 1. The van der Waals surface area contributed by atoms with E-state index < -0.39 is 0 Å². The second-order valence-corrected chi connectivity index (χ2v) is 8.85. The van der Waals surface area contributed by atoms with Gasteiger partial charge in [-0.3, -0.25) is 4.90 Å². The number of likely N-dealkylation sites (N-methyl/N-ethyl adjacent to an activating group) is 1. The molecule has 1 aliphatic heterocycles. The molecule has 1 atom stereocenters. The molecule has 3 rings (SSSR count). The monoisotopic (exact) mass is 413 g/mol. The first kappa shape index (κ1) is 21.8. The summed E-state index contributed by atoms with van der Waals surface area (Å²) >= 11 is 1.80. The van der Waals surface area contributed by atoms with Gasteiger partial charge in [0.25, 0.3) is 0 Å². The van der Waals surface area contributed by atoms with Gasteiger partial charge in [-0.05, 0) is 69.5 Å². The van der Waals surface area contributed by atoms with Gasteiger partial charge < -0.3 is 15.5 Å². The largest absolute Gasteiger partial charge is 0.357 e. The molecule has 5 nitrogen and oxygen atoms in total.